The average molecular weight is 297 g/mol. The first-order valence-corrected chi connectivity index (χ1v) is 8.51. The van der Waals surface area contributed by atoms with Gasteiger partial charge in [-0.2, -0.15) is 0 Å². The van der Waals surface area contributed by atoms with Crippen LogP contribution in [0, 0.1) is 0 Å². The molecule has 114 valence electrons. The molecule has 1 saturated heterocycles. The van der Waals surface area contributed by atoms with Crippen LogP contribution in [0.4, 0.5) is 0 Å². The highest BCUT2D eigenvalue weighted by atomic mass is 32.1. The van der Waals surface area contributed by atoms with Crippen LogP contribution in [-0.2, 0) is 11.3 Å². The summed E-state index contributed by atoms with van der Waals surface area (Å²) in [6, 6.07) is 0. The zero-order valence-electron chi connectivity index (χ0n) is 13.1. The molecule has 1 aromatic rings. The van der Waals surface area contributed by atoms with Gasteiger partial charge < -0.3 is 10.1 Å². The van der Waals surface area contributed by atoms with E-state index in [2.05, 4.69) is 37.9 Å². The second kappa shape index (κ2) is 7.50. The number of rotatable bonds is 6. The molecule has 0 aromatic carbocycles. The Morgan fingerprint density at radius 2 is 2.25 bits per heavy atom. The van der Waals surface area contributed by atoms with Crippen LogP contribution in [0.2, 0.25) is 0 Å². The molecule has 2 heterocycles. The van der Waals surface area contributed by atoms with Gasteiger partial charge >= 0.3 is 0 Å². The van der Waals surface area contributed by atoms with E-state index in [4.69, 9.17) is 9.72 Å². The lowest BCUT2D eigenvalue weighted by Gasteiger charge is -2.30. The number of nitrogens with zero attached hydrogens (tertiary/aromatic N) is 2. The van der Waals surface area contributed by atoms with Crippen molar-refractivity contribution < 1.29 is 4.74 Å². The van der Waals surface area contributed by atoms with Gasteiger partial charge in [0.05, 0.1) is 12.3 Å². The van der Waals surface area contributed by atoms with E-state index < -0.39 is 0 Å². The molecular weight excluding hydrogens is 270 g/mol. The molecule has 1 fully saturated rings. The third-order valence-corrected chi connectivity index (χ3v) is 4.86. The van der Waals surface area contributed by atoms with Gasteiger partial charge in [-0.15, -0.1) is 11.3 Å². The standard InChI is InChI=1S/C15H27N3OS/c1-5-16-9-13-14(11(3)4)17-15(20-13)12-10-18(6-2)7-8-19-12/h11-12,16H,5-10H2,1-4H3. The van der Waals surface area contributed by atoms with Crippen molar-refractivity contribution in [3.63, 3.8) is 0 Å². The quantitative estimate of drug-likeness (QED) is 0.876. The Morgan fingerprint density at radius 1 is 1.45 bits per heavy atom. The second-order valence-electron chi connectivity index (χ2n) is 5.55. The molecule has 5 heteroatoms. The van der Waals surface area contributed by atoms with E-state index >= 15 is 0 Å². The van der Waals surface area contributed by atoms with Crippen LogP contribution >= 0.6 is 11.3 Å². The number of aromatic nitrogens is 1. The normalized spacial score (nSPS) is 20.8. The molecule has 1 aliphatic heterocycles. The summed E-state index contributed by atoms with van der Waals surface area (Å²) < 4.78 is 5.93. The molecule has 1 aromatic heterocycles. The minimum atomic E-state index is 0.154. The van der Waals surface area contributed by atoms with Crippen LogP contribution in [-0.4, -0.2) is 42.7 Å². The van der Waals surface area contributed by atoms with Gasteiger partial charge in [-0.25, -0.2) is 4.98 Å². The van der Waals surface area contributed by atoms with Crippen LogP contribution in [0.1, 0.15) is 55.3 Å². The minimum absolute atomic E-state index is 0.154. The first-order chi connectivity index (χ1) is 9.65. The van der Waals surface area contributed by atoms with Gasteiger partial charge in [0.15, 0.2) is 0 Å². The Hall–Kier alpha value is -0.490. The fraction of sp³-hybridized carbons (Fsp3) is 0.800. The van der Waals surface area contributed by atoms with Crippen molar-refractivity contribution in [3.05, 3.63) is 15.6 Å². The van der Waals surface area contributed by atoms with E-state index in [0.717, 1.165) is 44.3 Å². The first kappa shape index (κ1) is 15.9. The summed E-state index contributed by atoms with van der Waals surface area (Å²) in [5.41, 5.74) is 1.24. The predicted octanol–water partition coefficient (Wildman–Crippen LogP) is 2.77. The Labute approximate surface area is 126 Å². The summed E-state index contributed by atoms with van der Waals surface area (Å²) in [5.74, 6) is 0.472. The number of thiazole rings is 1. The van der Waals surface area contributed by atoms with Crippen molar-refractivity contribution in [2.24, 2.45) is 0 Å². The molecule has 1 N–H and O–H groups in total. The summed E-state index contributed by atoms with van der Waals surface area (Å²) in [6.07, 6.45) is 0.154. The van der Waals surface area contributed by atoms with Crippen LogP contribution in [0.15, 0.2) is 0 Å². The van der Waals surface area contributed by atoms with Crippen molar-refractivity contribution in [1.29, 1.82) is 0 Å². The minimum Gasteiger partial charge on any atom is -0.368 e. The predicted molar refractivity (Wildman–Crippen MR) is 84.4 cm³/mol. The molecule has 0 amide bonds. The molecule has 1 unspecified atom stereocenters. The van der Waals surface area contributed by atoms with Crippen molar-refractivity contribution in [2.75, 3.05) is 32.8 Å². The van der Waals surface area contributed by atoms with Crippen LogP contribution in [0.25, 0.3) is 0 Å². The van der Waals surface area contributed by atoms with E-state index in [9.17, 15) is 0 Å². The lowest BCUT2D eigenvalue weighted by atomic mass is 10.1. The zero-order valence-corrected chi connectivity index (χ0v) is 13.9. The van der Waals surface area contributed by atoms with Crippen molar-refractivity contribution in [3.8, 4) is 0 Å². The smallest absolute Gasteiger partial charge is 0.123 e. The molecule has 20 heavy (non-hydrogen) atoms. The Morgan fingerprint density at radius 3 is 2.90 bits per heavy atom. The van der Waals surface area contributed by atoms with Gasteiger partial charge in [-0.1, -0.05) is 27.7 Å². The molecule has 0 aliphatic carbocycles. The summed E-state index contributed by atoms with van der Waals surface area (Å²) in [4.78, 5) is 8.69. The highest BCUT2D eigenvalue weighted by Gasteiger charge is 2.25. The van der Waals surface area contributed by atoms with E-state index in [1.54, 1.807) is 0 Å². The van der Waals surface area contributed by atoms with Gasteiger partial charge in [0.2, 0.25) is 0 Å². The third kappa shape index (κ3) is 3.79. The lowest BCUT2D eigenvalue weighted by molar-refractivity contribution is -0.0283. The maximum absolute atomic E-state index is 5.93. The largest absolute Gasteiger partial charge is 0.368 e. The van der Waals surface area contributed by atoms with Gasteiger partial charge in [-0.05, 0) is 19.0 Å². The monoisotopic (exact) mass is 297 g/mol. The van der Waals surface area contributed by atoms with E-state index in [1.165, 1.54) is 10.6 Å². The molecule has 4 nitrogen and oxygen atoms in total. The third-order valence-electron chi connectivity index (χ3n) is 3.70. The van der Waals surface area contributed by atoms with Crippen molar-refractivity contribution in [2.45, 2.75) is 46.3 Å². The topological polar surface area (TPSA) is 37.4 Å². The zero-order chi connectivity index (χ0) is 14.5. The number of hydrogen-bond acceptors (Lipinski definition) is 5. The van der Waals surface area contributed by atoms with Gasteiger partial charge in [0.1, 0.15) is 11.1 Å². The molecule has 0 bridgehead atoms. The highest BCUT2D eigenvalue weighted by molar-refractivity contribution is 7.11. The van der Waals surface area contributed by atoms with Gasteiger partial charge in [-0.3, -0.25) is 4.90 Å². The maximum Gasteiger partial charge on any atom is 0.123 e. The van der Waals surface area contributed by atoms with Crippen LogP contribution in [0.3, 0.4) is 0 Å². The summed E-state index contributed by atoms with van der Waals surface area (Å²) in [7, 11) is 0. The lowest BCUT2D eigenvalue weighted by Crippen LogP contribution is -2.38. The summed E-state index contributed by atoms with van der Waals surface area (Å²) >= 11 is 1.82. The fourth-order valence-corrected chi connectivity index (χ4v) is 3.71. The molecule has 0 radical (unpaired) electrons. The van der Waals surface area contributed by atoms with Crippen LogP contribution < -0.4 is 5.32 Å². The average Bonchev–Trinajstić information content (AvgIpc) is 2.89. The van der Waals surface area contributed by atoms with Crippen molar-refractivity contribution >= 4 is 11.3 Å². The number of hydrogen-bond donors (Lipinski definition) is 1. The fourth-order valence-electron chi connectivity index (χ4n) is 2.48. The summed E-state index contributed by atoms with van der Waals surface area (Å²) in [5, 5.41) is 4.57. The SMILES string of the molecule is CCNCc1sc(C2CN(CC)CCO2)nc1C(C)C. The Balaban J connectivity index is 2.14. The number of morpholine rings is 1. The van der Waals surface area contributed by atoms with E-state index in [-0.39, 0.29) is 6.10 Å². The van der Waals surface area contributed by atoms with Crippen LogP contribution in [0.5, 0.6) is 0 Å². The number of ether oxygens (including phenoxy) is 1. The molecule has 1 aliphatic rings. The molecule has 2 rings (SSSR count). The highest BCUT2D eigenvalue weighted by Crippen LogP contribution is 2.31. The number of nitrogens with one attached hydrogen (secondary N) is 1. The van der Waals surface area contributed by atoms with E-state index in [0.29, 0.717) is 5.92 Å². The maximum atomic E-state index is 5.93. The molecular formula is C15H27N3OS. The molecule has 0 spiro atoms. The Kier molecular flexibility index (Phi) is 5.96. The number of likely N-dealkylation sites (N-methyl/N-ethyl adjacent to an activating group) is 1. The van der Waals surface area contributed by atoms with Gasteiger partial charge in [0, 0.05) is 24.5 Å². The van der Waals surface area contributed by atoms with E-state index in [1.807, 2.05) is 11.3 Å². The first-order valence-electron chi connectivity index (χ1n) is 7.69. The molecule has 0 saturated carbocycles. The van der Waals surface area contributed by atoms with Gasteiger partial charge in [0.25, 0.3) is 0 Å². The molecule has 1 atom stereocenters. The Bertz CT molecular complexity index is 419. The van der Waals surface area contributed by atoms with Crippen molar-refractivity contribution in [1.82, 2.24) is 15.2 Å². The summed E-state index contributed by atoms with van der Waals surface area (Å²) in [6.45, 7) is 14.6. The second-order valence-corrected chi connectivity index (χ2v) is 6.66.